The van der Waals surface area contributed by atoms with Gasteiger partial charge in [-0.3, -0.25) is 0 Å². The van der Waals surface area contributed by atoms with Crippen LogP contribution in [0.3, 0.4) is 0 Å². The standard InChI is InChI=1S/C15H22N2O2/c1-19-15-3-2-11(8-14(15)18)9-16-13-10-17-6-4-12(13)5-7-17/h2-3,8,12-13,16,18H,4-7,9-10H2,1H3. The molecule has 3 heterocycles. The number of rotatable bonds is 4. The van der Waals surface area contributed by atoms with Crippen LogP contribution < -0.4 is 10.1 Å². The zero-order chi connectivity index (χ0) is 13.2. The summed E-state index contributed by atoms with van der Waals surface area (Å²) in [6.07, 6.45) is 2.65. The maximum atomic E-state index is 9.77. The van der Waals surface area contributed by atoms with E-state index in [-0.39, 0.29) is 5.75 Å². The Labute approximate surface area is 114 Å². The van der Waals surface area contributed by atoms with E-state index in [9.17, 15) is 5.11 Å². The van der Waals surface area contributed by atoms with Crippen molar-refractivity contribution in [2.75, 3.05) is 26.7 Å². The summed E-state index contributed by atoms with van der Waals surface area (Å²) >= 11 is 0. The van der Waals surface area contributed by atoms with E-state index in [4.69, 9.17) is 4.74 Å². The van der Waals surface area contributed by atoms with Crippen LogP contribution in [0, 0.1) is 5.92 Å². The molecule has 1 aromatic rings. The van der Waals surface area contributed by atoms with Crippen LogP contribution in [-0.2, 0) is 6.54 Å². The van der Waals surface area contributed by atoms with Crippen LogP contribution in [0.25, 0.3) is 0 Å². The minimum atomic E-state index is 0.218. The number of phenols is 1. The van der Waals surface area contributed by atoms with Gasteiger partial charge in [0.15, 0.2) is 11.5 Å². The fourth-order valence-electron chi connectivity index (χ4n) is 3.29. The van der Waals surface area contributed by atoms with E-state index >= 15 is 0 Å². The van der Waals surface area contributed by atoms with Crippen LogP contribution in [-0.4, -0.2) is 42.8 Å². The SMILES string of the molecule is COc1ccc(CNC2CN3CCC2CC3)cc1O. The van der Waals surface area contributed by atoms with Gasteiger partial charge in [-0.25, -0.2) is 0 Å². The molecular weight excluding hydrogens is 240 g/mol. The molecule has 1 unspecified atom stereocenters. The molecule has 19 heavy (non-hydrogen) atoms. The fourth-order valence-corrected chi connectivity index (χ4v) is 3.29. The highest BCUT2D eigenvalue weighted by Gasteiger charge is 2.33. The number of hydrogen-bond donors (Lipinski definition) is 2. The lowest BCUT2D eigenvalue weighted by Crippen LogP contribution is -2.55. The summed E-state index contributed by atoms with van der Waals surface area (Å²) in [5.74, 6) is 1.58. The molecule has 1 atom stereocenters. The Bertz CT molecular complexity index is 442. The van der Waals surface area contributed by atoms with Crippen molar-refractivity contribution in [1.82, 2.24) is 10.2 Å². The highest BCUT2D eigenvalue weighted by molar-refractivity contribution is 5.41. The molecule has 104 valence electrons. The zero-order valence-corrected chi connectivity index (χ0v) is 11.4. The van der Waals surface area contributed by atoms with Crippen molar-refractivity contribution in [3.8, 4) is 11.5 Å². The Morgan fingerprint density at radius 2 is 2.16 bits per heavy atom. The molecule has 1 aromatic carbocycles. The van der Waals surface area contributed by atoms with Crippen LogP contribution >= 0.6 is 0 Å². The molecule has 3 aliphatic rings. The number of aromatic hydroxyl groups is 1. The molecule has 4 rings (SSSR count). The van der Waals surface area contributed by atoms with Gasteiger partial charge in [0.25, 0.3) is 0 Å². The van der Waals surface area contributed by atoms with Crippen LogP contribution in [0.2, 0.25) is 0 Å². The molecule has 0 saturated carbocycles. The molecular formula is C15H22N2O2. The minimum Gasteiger partial charge on any atom is -0.504 e. The Morgan fingerprint density at radius 1 is 1.37 bits per heavy atom. The van der Waals surface area contributed by atoms with Gasteiger partial charge in [0.2, 0.25) is 0 Å². The second-order valence-electron chi connectivity index (χ2n) is 5.63. The van der Waals surface area contributed by atoms with Gasteiger partial charge >= 0.3 is 0 Å². The van der Waals surface area contributed by atoms with Crippen LogP contribution in [0.15, 0.2) is 18.2 Å². The van der Waals surface area contributed by atoms with Crippen molar-refractivity contribution in [1.29, 1.82) is 0 Å². The Morgan fingerprint density at radius 3 is 2.74 bits per heavy atom. The molecule has 0 spiro atoms. The second kappa shape index (κ2) is 5.39. The number of hydrogen-bond acceptors (Lipinski definition) is 4. The Hall–Kier alpha value is -1.26. The number of methoxy groups -OCH3 is 1. The Kier molecular flexibility index (Phi) is 3.62. The van der Waals surface area contributed by atoms with Gasteiger partial charge in [-0.05, 0) is 49.5 Å². The lowest BCUT2D eigenvalue weighted by atomic mass is 9.84. The number of nitrogens with one attached hydrogen (secondary N) is 1. The molecule has 4 heteroatoms. The van der Waals surface area contributed by atoms with Gasteiger partial charge in [-0.1, -0.05) is 6.07 Å². The molecule has 2 N–H and O–H groups in total. The van der Waals surface area contributed by atoms with E-state index in [0.717, 1.165) is 18.0 Å². The summed E-state index contributed by atoms with van der Waals surface area (Å²) in [7, 11) is 1.57. The van der Waals surface area contributed by atoms with Gasteiger partial charge in [-0.15, -0.1) is 0 Å². The van der Waals surface area contributed by atoms with Gasteiger partial charge in [0.1, 0.15) is 0 Å². The molecule has 0 aliphatic carbocycles. The fraction of sp³-hybridized carbons (Fsp3) is 0.600. The van der Waals surface area contributed by atoms with Crippen molar-refractivity contribution in [2.24, 2.45) is 5.92 Å². The van der Waals surface area contributed by atoms with E-state index in [0.29, 0.717) is 11.8 Å². The number of benzene rings is 1. The average Bonchev–Trinajstić information content (AvgIpc) is 2.46. The lowest BCUT2D eigenvalue weighted by molar-refractivity contribution is 0.0720. The van der Waals surface area contributed by atoms with E-state index in [1.165, 1.54) is 32.5 Å². The van der Waals surface area contributed by atoms with Crippen molar-refractivity contribution in [3.05, 3.63) is 23.8 Å². The third kappa shape index (κ3) is 2.69. The smallest absolute Gasteiger partial charge is 0.160 e. The summed E-state index contributed by atoms with van der Waals surface area (Å²) in [4.78, 5) is 2.54. The van der Waals surface area contributed by atoms with Gasteiger partial charge in [-0.2, -0.15) is 0 Å². The van der Waals surface area contributed by atoms with E-state index < -0.39 is 0 Å². The summed E-state index contributed by atoms with van der Waals surface area (Å²) < 4.78 is 5.06. The van der Waals surface area contributed by atoms with E-state index in [1.54, 1.807) is 13.2 Å². The average molecular weight is 262 g/mol. The van der Waals surface area contributed by atoms with Crippen LogP contribution in [0.1, 0.15) is 18.4 Å². The first-order valence-corrected chi connectivity index (χ1v) is 7.08. The molecule has 3 aliphatic heterocycles. The molecule has 0 radical (unpaired) electrons. The van der Waals surface area contributed by atoms with E-state index in [1.807, 2.05) is 12.1 Å². The Balaban J connectivity index is 1.59. The maximum absolute atomic E-state index is 9.77. The quantitative estimate of drug-likeness (QED) is 0.865. The number of nitrogens with zero attached hydrogens (tertiary/aromatic N) is 1. The van der Waals surface area contributed by atoms with Crippen LogP contribution in [0.5, 0.6) is 11.5 Å². The third-order valence-corrected chi connectivity index (χ3v) is 4.47. The number of phenolic OH excluding ortho intramolecular Hbond substituents is 1. The normalized spacial score (nSPS) is 29.4. The summed E-state index contributed by atoms with van der Waals surface area (Å²) in [5, 5.41) is 13.4. The topological polar surface area (TPSA) is 44.7 Å². The first-order chi connectivity index (χ1) is 9.26. The first kappa shape index (κ1) is 12.8. The summed E-state index contributed by atoms with van der Waals surface area (Å²) in [6.45, 7) is 4.53. The molecule has 3 fully saturated rings. The summed E-state index contributed by atoms with van der Waals surface area (Å²) in [6, 6.07) is 6.22. The predicted molar refractivity (Wildman–Crippen MR) is 74.5 cm³/mol. The molecule has 4 nitrogen and oxygen atoms in total. The third-order valence-electron chi connectivity index (χ3n) is 4.47. The largest absolute Gasteiger partial charge is 0.504 e. The molecule has 2 bridgehead atoms. The maximum Gasteiger partial charge on any atom is 0.160 e. The predicted octanol–water partition coefficient (Wildman–Crippen LogP) is 1.58. The lowest BCUT2D eigenvalue weighted by Gasteiger charge is -2.45. The van der Waals surface area contributed by atoms with E-state index in [2.05, 4.69) is 10.2 Å². The molecule has 0 amide bonds. The van der Waals surface area contributed by atoms with Gasteiger partial charge < -0.3 is 20.1 Å². The highest BCUT2D eigenvalue weighted by atomic mass is 16.5. The molecule has 3 saturated heterocycles. The van der Waals surface area contributed by atoms with Crippen molar-refractivity contribution < 1.29 is 9.84 Å². The number of piperidine rings is 3. The van der Waals surface area contributed by atoms with Gasteiger partial charge in [0.05, 0.1) is 7.11 Å². The minimum absolute atomic E-state index is 0.218. The molecule has 0 aromatic heterocycles. The van der Waals surface area contributed by atoms with Gasteiger partial charge in [0, 0.05) is 19.1 Å². The number of fused-ring (bicyclic) bond motifs is 3. The van der Waals surface area contributed by atoms with Crippen molar-refractivity contribution in [3.63, 3.8) is 0 Å². The van der Waals surface area contributed by atoms with Crippen molar-refractivity contribution >= 4 is 0 Å². The van der Waals surface area contributed by atoms with Crippen LogP contribution in [0.4, 0.5) is 0 Å². The summed E-state index contributed by atoms with van der Waals surface area (Å²) in [5.41, 5.74) is 1.11. The zero-order valence-electron chi connectivity index (χ0n) is 11.4. The highest BCUT2D eigenvalue weighted by Crippen LogP contribution is 2.29. The first-order valence-electron chi connectivity index (χ1n) is 7.08. The number of ether oxygens (including phenoxy) is 1. The second-order valence-corrected chi connectivity index (χ2v) is 5.63. The monoisotopic (exact) mass is 262 g/mol. The van der Waals surface area contributed by atoms with Crippen molar-refractivity contribution in [2.45, 2.75) is 25.4 Å².